The van der Waals surface area contributed by atoms with Gasteiger partial charge in [-0.3, -0.25) is 14.4 Å². The highest BCUT2D eigenvalue weighted by molar-refractivity contribution is 5.71. The minimum absolute atomic E-state index is 0.0921. The van der Waals surface area contributed by atoms with Crippen LogP contribution >= 0.6 is 0 Å². The number of unbranched alkanes of at least 4 members (excludes halogenated alkanes) is 32. The van der Waals surface area contributed by atoms with Gasteiger partial charge in [-0.2, -0.15) is 0 Å². The van der Waals surface area contributed by atoms with E-state index in [-0.39, 0.29) is 37.5 Å². The second-order valence-corrected chi connectivity index (χ2v) is 22.4. The van der Waals surface area contributed by atoms with Crippen LogP contribution in [0.25, 0.3) is 0 Å². The number of rotatable bonds is 61. The monoisotopic (exact) mass is 1110 g/mol. The number of ether oxygens (including phenoxy) is 3. The maximum absolute atomic E-state index is 12.9. The average molecular weight is 1110 g/mol. The molecule has 0 aliphatic heterocycles. The predicted octanol–water partition coefficient (Wildman–Crippen LogP) is 23.4. The highest BCUT2D eigenvalue weighted by Crippen LogP contribution is 2.17. The van der Waals surface area contributed by atoms with E-state index in [1.54, 1.807) is 0 Å². The molecule has 0 spiro atoms. The zero-order valence-electron chi connectivity index (χ0n) is 52.6. The van der Waals surface area contributed by atoms with Gasteiger partial charge in [-0.15, -0.1) is 0 Å². The summed E-state index contributed by atoms with van der Waals surface area (Å²) < 4.78 is 16.9. The topological polar surface area (TPSA) is 78.9 Å². The Balaban J connectivity index is 4.42. The Hall–Kier alpha value is -3.93. The fraction of sp³-hybridized carbons (Fsp3) is 0.716. The molecular weight excluding hydrogens is 985 g/mol. The molecule has 0 aromatic rings. The van der Waals surface area contributed by atoms with Crippen molar-refractivity contribution < 1.29 is 28.6 Å². The minimum atomic E-state index is -0.801. The molecule has 0 radical (unpaired) electrons. The smallest absolute Gasteiger partial charge is 0.306 e. The minimum Gasteiger partial charge on any atom is -0.462 e. The molecule has 6 nitrogen and oxygen atoms in total. The van der Waals surface area contributed by atoms with Crippen molar-refractivity contribution in [2.24, 2.45) is 0 Å². The third kappa shape index (κ3) is 64.9. The van der Waals surface area contributed by atoms with Gasteiger partial charge in [-0.25, -0.2) is 0 Å². The Labute approximate surface area is 495 Å². The Bertz CT molecular complexity index is 1610. The highest BCUT2D eigenvalue weighted by Gasteiger charge is 2.19. The standard InChI is InChI=1S/C74H126O6/c1-4-7-10-13-16-19-22-25-28-30-32-33-34-35-36-37-38-39-40-41-43-44-46-49-52-55-58-61-64-67-73(76)79-70-71(69-78-72(75)66-63-60-57-54-51-48-27-24-21-18-15-12-9-6-3)80-74(77)68-65-62-59-56-53-50-47-45-42-31-29-26-23-20-17-14-11-8-5-2/h7,10,16,19,25,28,32-33,35-36,38-39,41,43,46,49,55,58,71H,4-6,8-9,11-15,17-18,20-24,26-27,29-31,34,37,40,42,44-45,47-48,50-54,56-57,59-70H2,1-3H3/b10-7-,19-16-,28-25-,33-32-,36-35-,39-38-,43-41-,49-46-,58-55-. The van der Waals surface area contributed by atoms with E-state index in [9.17, 15) is 14.4 Å². The molecule has 1 atom stereocenters. The first-order valence-corrected chi connectivity index (χ1v) is 33.9. The molecular formula is C74H126O6. The van der Waals surface area contributed by atoms with Crippen molar-refractivity contribution in [3.8, 4) is 0 Å². The number of allylic oxidation sites excluding steroid dienone is 18. The molecule has 0 aromatic heterocycles. The quantitative estimate of drug-likeness (QED) is 0.0261. The molecule has 0 aliphatic carbocycles. The molecule has 0 N–H and O–H groups in total. The molecule has 458 valence electrons. The van der Waals surface area contributed by atoms with E-state index in [0.717, 1.165) is 103 Å². The van der Waals surface area contributed by atoms with Crippen LogP contribution in [-0.2, 0) is 28.6 Å². The van der Waals surface area contributed by atoms with Crippen LogP contribution in [-0.4, -0.2) is 37.2 Å². The van der Waals surface area contributed by atoms with Gasteiger partial charge >= 0.3 is 17.9 Å². The number of hydrogen-bond acceptors (Lipinski definition) is 6. The number of carbonyl (C=O) groups excluding carboxylic acids is 3. The first-order chi connectivity index (χ1) is 39.5. The summed E-state index contributed by atoms with van der Waals surface area (Å²) in [6, 6.07) is 0. The normalized spacial score (nSPS) is 12.8. The third-order valence-electron chi connectivity index (χ3n) is 14.5. The van der Waals surface area contributed by atoms with Gasteiger partial charge in [0.25, 0.3) is 0 Å². The van der Waals surface area contributed by atoms with E-state index in [1.165, 1.54) is 173 Å². The van der Waals surface area contributed by atoms with Crippen molar-refractivity contribution in [2.45, 2.75) is 329 Å². The molecule has 0 bridgehead atoms. The SMILES string of the molecule is CC/C=C\C/C=C\C/C=C\C/C=C\C/C=C\C/C=C\C/C=C\C/C=C\C/C=C\CCCC(=O)OCC(COC(=O)CCCCCCCCCCCCCCCC)OC(=O)CCCCCCCCCCCCCCCCCCCCC. The summed E-state index contributed by atoms with van der Waals surface area (Å²) in [6.07, 6.45) is 92.5. The molecule has 0 saturated carbocycles. The lowest BCUT2D eigenvalue weighted by Gasteiger charge is -2.18. The number of carbonyl (C=O) groups is 3. The summed E-state index contributed by atoms with van der Waals surface area (Å²) in [5.41, 5.74) is 0. The summed E-state index contributed by atoms with van der Waals surface area (Å²) in [5, 5.41) is 0. The number of hydrogen-bond donors (Lipinski definition) is 0. The maximum Gasteiger partial charge on any atom is 0.306 e. The van der Waals surface area contributed by atoms with E-state index < -0.39 is 6.10 Å². The average Bonchev–Trinajstić information content (AvgIpc) is 3.46. The van der Waals surface area contributed by atoms with Gasteiger partial charge in [-0.05, 0) is 83.5 Å². The molecule has 0 fully saturated rings. The molecule has 0 aromatic carbocycles. The van der Waals surface area contributed by atoms with Gasteiger partial charge in [0.05, 0.1) is 0 Å². The van der Waals surface area contributed by atoms with E-state index in [4.69, 9.17) is 14.2 Å². The second-order valence-electron chi connectivity index (χ2n) is 22.4. The van der Waals surface area contributed by atoms with Crippen LogP contribution in [0.5, 0.6) is 0 Å². The summed E-state index contributed by atoms with van der Waals surface area (Å²) in [5.74, 6) is -0.940. The largest absolute Gasteiger partial charge is 0.462 e. The van der Waals surface area contributed by atoms with Crippen molar-refractivity contribution in [1.29, 1.82) is 0 Å². The Morgan fingerprint density at radius 2 is 0.487 bits per heavy atom. The van der Waals surface area contributed by atoms with Crippen LogP contribution in [0.4, 0.5) is 0 Å². The summed E-state index contributed by atoms with van der Waals surface area (Å²) in [4.78, 5) is 38.3. The molecule has 80 heavy (non-hydrogen) atoms. The van der Waals surface area contributed by atoms with Crippen LogP contribution in [0.2, 0.25) is 0 Å². The summed E-state index contributed by atoms with van der Waals surface area (Å²) >= 11 is 0. The van der Waals surface area contributed by atoms with E-state index in [2.05, 4.69) is 130 Å². The van der Waals surface area contributed by atoms with Crippen molar-refractivity contribution in [2.75, 3.05) is 13.2 Å². The third-order valence-corrected chi connectivity index (χ3v) is 14.5. The summed E-state index contributed by atoms with van der Waals surface area (Å²) in [6.45, 7) is 6.52. The van der Waals surface area contributed by atoms with Crippen LogP contribution in [0.3, 0.4) is 0 Å². The predicted molar refractivity (Wildman–Crippen MR) is 348 cm³/mol. The number of esters is 3. The van der Waals surface area contributed by atoms with Crippen molar-refractivity contribution in [1.82, 2.24) is 0 Å². The van der Waals surface area contributed by atoms with Gasteiger partial charge in [0.15, 0.2) is 6.10 Å². The lowest BCUT2D eigenvalue weighted by atomic mass is 10.0. The van der Waals surface area contributed by atoms with Gasteiger partial charge in [0.2, 0.25) is 0 Å². The first kappa shape index (κ1) is 76.1. The lowest BCUT2D eigenvalue weighted by Crippen LogP contribution is -2.30. The van der Waals surface area contributed by atoms with Gasteiger partial charge < -0.3 is 14.2 Å². The molecule has 0 saturated heterocycles. The van der Waals surface area contributed by atoms with Crippen LogP contribution in [0.1, 0.15) is 323 Å². The molecule has 0 aliphatic rings. The fourth-order valence-electron chi connectivity index (χ4n) is 9.51. The lowest BCUT2D eigenvalue weighted by molar-refractivity contribution is -0.167. The molecule has 0 amide bonds. The van der Waals surface area contributed by atoms with Crippen LogP contribution < -0.4 is 0 Å². The van der Waals surface area contributed by atoms with Gasteiger partial charge in [0, 0.05) is 19.3 Å². The van der Waals surface area contributed by atoms with Gasteiger partial charge in [0.1, 0.15) is 13.2 Å². The Kier molecular flexibility index (Phi) is 64.3. The second kappa shape index (κ2) is 67.6. The van der Waals surface area contributed by atoms with E-state index in [0.29, 0.717) is 19.3 Å². The molecule has 1 unspecified atom stereocenters. The highest BCUT2D eigenvalue weighted by atomic mass is 16.6. The zero-order chi connectivity index (χ0) is 57.8. The Morgan fingerprint density at radius 1 is 0.263 bits per heavy atom. The van der Waals surface area contributed by atoms with Crippen LogP contribution in [0.15, 0.2) is 109 Å². The Morgan fingerprint density at radius 3 is 0.762 bits per heavy atom. The van der Waals surface area contributed by atoms with Crippen molar-refractivity contribution in [3.05, 3.63) is 109 Å². The van der Waals surface area contributed by atoms with Gasteiger partial charge in [-0.1, -0.05) is 329 Å². The maximum atomic E-state index is 12.9. The first-order valence-electron chi connectivity index (χ1n) is 33.9. The van der Waals surface area contributed by atoms with E-state index in [1.807, 2.05) is 0 Å². The molecule has 0 heterocycles. The van der Waals surface area contributed by atoms with E-state index >= 15 is 0 Å². The fourth-order valence-corrected chi connectivity index (χ4v) is 9.51. The molecule has 6 heteroatoms. The zero-order valence-corrected chi connectivity index (χ0v) is 52.6. The molecule has 0 rings (SSSR count). The summed E-state index contributed by atoms with van der Waals surface area (Å²) in [7, 11) is 0. The van der Waals surface area contributed by atoms with Crippen molar-refractivity contribution in [3.63, 3.8) is 0 Å². The van der Waals surface area contributed by atoms with Crippen molar-refractivity contribution >= 4 is 17.9 Å². The van der Waals surface area contributed by atoms with Crippen LogP contribution in [0, 0.1) is 0 Å².